The average molecular weight is 437 g/mol. The summed E-state index contributed by atoms with van der Waals surface area (Å²) in [5.41, 5.74) is 7.74. The van der Waals surface area contributed by atoms with Crippen LogP contribution in [0.5, 0.6) is 5.75 Å². The lowest BCUT2D eigenvalue weighted by Gasteiger charge is -2.42. The van der Waals surface area contributed by atoms with Gasteiger partial charge in [-0.25, -0.2) is 0 Å². The van der Waals surface area contributed by atoms with Gasteiger partial charge in [0.05, 0.1) is 17.4 Å². The van der Waals surface area contributed by atoms with Crippen LogP contribution >= 0.6 is 0 Å². The van der Waals surface area contributed by atoms with Gasteiger partial charge in [-0.3, -0.25) is 4.99 Å². The molecule has 0 bridgehead atoms. The van der Waals surface area contributed by atoms with Crippen LogP contribution in [0.1, 0.15) is 47.4 Å². The maximum absolute atomic E-state index is 6.15. The van der Waals surface area contributed by atoms with E-state index in [4.69, 9.17) is 4.74 Å². The lowest BCUT2D eigenvalue weighted by Crippen LogP contribution is -2.45. The summed E-state index contributed by atoms with van der Waals surface area (Å²) in [6, 6.07) is 24.6. The van der Waals surface area contributed by atoms with Crippen LogP contribution in [-0.2, 0) is 0 Å². The van der Waals surface area contributed by atoms with Crippen molar-refractivity contribution in [2.45, 2.75) is 36.9 Å². The van der Waals surface area contributed by atoms with Crippen molar-refractivity contribution in [1.82, 2.24) is 0 Å². The molecule has 0 aromatic heterocycles. The van der Waals surface area contributed by atoms with Gasteiger partial charge in [0.25, 0.3) is 0 Å². The highest BCUT2D eigenvalue weighted by Gasteiger charge is 2.36. The molecule has 2 N–H and O–H groups in total. The van der Waals surface area contributed by atoms with Gasteiger partial charge in [-0.15, -0.1) is 0 Å². The second kappa shape index (κ2) is 7.55. The molecule has 1 fully saturated rings. The summed E-state index contributed by atoms with van der Waals surface area (Å²) >= 11 is 0. The number of para-hydroxylation sites is 2. The molecule has 166 valence electrons. The second-order valence-electron chi connectivity index (χ2n) is 9.64. The summed E-state index contributed by atoms with van der Waals surface area (Å²) in [5, 5.41) is 7.26. The van der Waals surface area contributed by atoms with Crippen LogP contribution in [0.2, 0.25) is 0 Å². The van der Waals surface area contributed by atoms with Crippen LogP contribution in [0.15, 0.2) is 71.7 Å². The van der Waals surface area contributed by atoms with Crippen molar-refractivity contribution in [3.05, 3.63) is 83.4 Å². The molecule has 0 radical (unpaired) electrons. The molecule has 3 atom stereocenters. The Morgan fingerprint density at radius 1 is 0.909 bits per heavy atom. The Hall–Kier alpha value is -3.47. The second-order valence-corrected chi connectivity index (χ2v) is 9.64. The Bertz CT molecular complexity index is 1230. The van der Waals surface area contributed by atoms with E-state index < -0.39 is 0 Å². The number of rotatable bonds is 3. The van der Waals surface area contributed by atoms with Crippen molar-refractivity contribution in [3.63, 3.8) is 0 Å². The molecule has 33 heavy (non-hydrogen) atoms. The molecular formula is C28H28N4O. The van der Waals surface area contributed by atoms with Crippen molar-refractivity contribution in [2.75, 3.05) is 35.2 Å². The van der Waals surface area contributed by atoms with Crippen molar-refractivity contribution < 1.29 is 4.74 Å². The van der Waals surface area contributed by atoms with Crippen molar-refractivity contribution in [3.8, 4) is 5.75 Å². The number of nitrogens with one attached hydrogen (secondary N) is 2. The highest BCUT2D eigenvalue weighted by Crippen LogP contribution is 2.45. The zero-order valence-corrected chi connectivity index (χ0v) is 18.6. The fraction of sp³-hybridized carbons (Fsp3) is 0.321. The minimum absolute atomic E-state index is 0.00858. The Morgan fingerprint density at radius 3 is 2.73 bits per heavy atom. The number of hydrogen-bond acceptors (Lipinski definition) is 5. The van der Waals surface area contributed by atoms with Crippen molar-refractivity contribution in [1.29, 1.82) is 0 Å². The molecular weight excluding hydrogens is 408 g/mol. The molecule has 1 saturated heterocycles. The number of hydrogen-bond donors (Lipinski definition) is 2. The van der Waals surface area contributed by atoms with E-state index in [1.54, 1.807) is 0 Å². The minimum atomic E-state index is -0.00858. The molecule has 0 amide bonds. The number of benzene rings is 3. The number of nitrogens with zero attached hydrogens (tertiary/aromatic N) is 2. The Balaban J connectivity index is 1.04. The maximum Gasteiger partial charge on any atom is 0.196 e. The van der Waals surface area contributed by atoms with E-state index in [1.807, 2.05) is 6.21 Å². The van der Waals surface area contributed by atoms with Gasteiger partial charge in [0.2, 0.25) is 0 Å². The summed E-state index contributed by atoms with van der Waals surface area (Å²) < 4.78 is 6.15. The topological polar surface area (TPSA) is 48.9 Å². The maximum atomic E-state index is 6.15. The lowest BCUT2D eigenvalue weighted by molar-refractivity contribution is 0.207. The van der Waals surface area contributed by atoms with Crippen LogP contribution < -0.4 is 20.3 Å². The molecule has 5 nitrogen and oxygen atoms in total. The number of fused-ring (bicyclic) bond motifs is 4. The van der Waals surface area contributed by atoms with Crippen molar-refractivity contribution >= 4 is 23.3 Å². The van der Waals surface area contributed by atoms with Gasteiger partial charge in [0, 0.05) is 55.0 Å². The lowest BCUT2D eigenvalue weighted by atomic mass is 9.88. The molecule has 3 aromatic carbocycles. The van der Waals surface area contributed by atoms with E-state index in [0.717, 1.165) is 38.2 Å². The highest BCUT2D eigenvalue weighted by molar-refractivity contribution is 5.71. The highest BCUT2D eigenvalue weighted by atomic mass is 16.5. The van der Waals surface area contributed by atoms with E-state index >= 15 is 0 Å². The molecule has 3 aromatic rings. The Morgan fingerprint density at radius 2 is 1.79 bits per heavy atom. The molecule has 4 aliphatic rings. The molecule has 3 unspecified atom stereocenters. The number of aliphatic imine (C=N–C) groups is 1. The minimum Gasteiger partial charge on any atom is -0.468 e. The quantitative estimate of drug-likeness (QED) is 0.566. The van der Waals surface area contributed by atoms with E-state index in [0.29, 0.717) is 11.8 Å². The predicted octanol–water partition coefficient (Wildman–Crippen LogP) is 5.54. The summed E-state index contributed by atoms with van der Waals surface area (Å²) in [6.07, 6.45) is 4.20. The molecule has 0 aliphatic carbocycles. The normalized spacial score (nSPS) is 25.1. The zero-order valence-electron chi connectivity index (χ0n) is 18.6. The van der Waals surface area contributed by atoms with Gasteiger partial charge in [-0.1, -0.05) is 42.5 Å². The SMILES string of the molecule is C1=NC2Oc3cc(N4CC(c5cccc(C6CNc7ccccc7N6)c5)C4)ccc3C2CC1. The number of ether oxygens (including phenoxy) is 1. The van der Waals surface area contributed by atoms with Gasteiger partial charge in [-0.2, -0.15) is 0 Å². The molecule has 4 heterocycles. The van der Waals surface area contributed by atoms with E-state index in [-0.39, 0.29) is 12.3 Å². The smallest absolute Gasteiger partial charge is 0.196 e. The van der Waals surface area contributed by atoms with Gasteiger partial charge < -0.3 is 20.3 Å². The van der Waals surface area contributed by atoms with Crippen molar-refractivity contribution in [2.24, 2.45) is 4.99 Å². The van der Waals surface area contributed by atoms with Crippen LogP contribution in [0.25, 0.3) is 0 Å². The summed E-state index contributed by atoms with van der Waals surface area (Å²) in [4.78, 5) is 7.02. The van der Waals surface area contributed by atoms with Gasteiger partial charge in [0.15, 0.2) is 6.23 Å². The first-order valence-corrected chi connectivity index (χ1v) is 12.1. The van der Waals surface area contributed by atoms with E-state index in [9.17, 15) is 0 Å². The third-order valence-electron chi connectivity index (χ3n) is 7.63. The Labute approximate surface area is 194 Å². The molecule has 5 heteroatoms. The third-order valence-corrected chi connectivity index (χ3v) is 7.63. The van der Waals surface area contributed by atoms with Gasteiger partial charge in [0.1, 0.15) is 5.75 Å². The molecule has 7 rings (SSSR count). The largest absolute Gasteiger partial charge is 0.468 e. The zero-order chi connectivity index (χ0) is 21.8. The first kappa shape index (κ1) is 19.0. The van der Waals surface area contributed by atoms with Crippen LogP contribution in [-0.4, -0.2) is 32.1 Å². The Kier molecular flexibility index (Phi) is 4.35. The van der Waals surface area contributed by atoms with E-state index in [1.165, 1.54) is 33.8 Å². The standard InChI is InChI=1S/C28H28N4O/c1-2-9-25-24(8-1)30-15-26(31-25)19-6-3-5-18(13-19)20-16-32(17-20)21-10-11-22-23-7-4-12-29-28(23)33-27(22)14-21/h1-3,5-6,8-14,20,23,26,28,30-31H,4,7,15-17H2. The van der Waals surface area contributed by atoms with Crippen LogP contribution in [0, 0.1) is 0 Å². The first-order chi connectivity index (χ1) is 16.3. The number of anilines is 3. The third kappa shape index (κ3) is 3.26. The van der Waals surface area contributed by atoms with Crippen LogP contribution in [0.4, 0.5) is 17.1 Å². The van der Waals surface area contributed by atoms with Crippen LogP contribution in [0.3, 0.4) is 0 Å². The molecule has 0 spiro atoms. The summed E-state index contributed by atoms with van der Waals surface area (Å²) in [5.74, 6) is 2.03. The molecule has 4 aliphatic heterocycles. The monoisotopic (exact) mass is 436 g/mol. The fourth-order valence-corrected chi connectivity index (χ4v) is 5.70. The molecule has 0 saturated carbocycles. The summed E-state index contributed by atoms with van der Waals surface area (Å²) in [7, 11) is 0. The fourth-order valence-electron chi connectivity index (χ4n) is 5.70. The summed E-state index contributed by atoms with van der Waals surface area (Å²) in [6.45, 7) is 3.00. The average Bonchev–Trinajstić information content (AvgIpc) is 3.21. The predicted molar refractivity (Wildman–Crippen MR) is 134 cm³/mol. The van der Waals surface area contributed by atoms with Gasteiger partial charge >= 0.3 is 0 Å². The van der Waals surface area contributed by atoms with E-state index in [2.05, 4.69) is 87.3 Å². The van der Waals surface area contributed by atoms with Gasteiger partial charge in [-0.05, 0) is 42.2 Å². The first-order valence-electron chi connectivity index (χ1n) is 12.1.